The number of morpholine rings is 1. The van der Waals surface area contributed by atoms with E-state index in [2.05, 4.69) is 23.5 Å². The summed E-state index contributed by atoms with van der Waals surface area (Å²) in [6.07, 6.45) is 3.11. The van der Waals surface area contributed by atoms with Gasteiger partial charge in [-0.2, -0.15) is 0 Å². The number of nitrogens with zero attached hydrogens (tertiary/aromatic N) is 1. The van der Waals surface area contributed by atoms with Gasteiger partial charge in [-0.3, -0.25) is 4.72 Å². The maximum Gasteiger partial charge on any atom is 0.261 e. The van der Waals surface area contributed by atoms with Crippen molar-refractivity contribution in [3.63, 3.8) is 0 Å². The van der Waals surface area contributed by atoms with Crippen LogP contribution in [0.1, 0.15) is 31.4 Å². The molecule has 0 spiro atoms. The average Bonchev–Trinajstić information content (AvgIpc) is 3.10. The monoisotopic (exact) mass is 386 g/mol. The van der Waals surface area contributed by atoms with Gasteiger partial charge in [-0.25, -0.2) is 8.42 Å². The number of hydrogen-bond donors (Lipinski definition) is 1. The molecule has 2 aromatic carbocycles. The lowest BCUT2D eigenvalue weighted by atomic mass is 10.1. The zero-order chi connectivity index (χ0) is 19.0. The summed E-state index contributed by atoms with van der Waals surface area (Å²) < 4.78 is 33.8. The van der Waals surface area contributed by atoms with E-state index in [1.165, 1.54) is 5.56 Å². The molecule has 0 bridgehead atoms. The first-order chi connectivity index (χ1) is 12.9. The average molecular weight is 387 g/mol. The van der Waals surface area contributed by atoms with Crippen LogP contribution in [-0.2, 0) is 27.6 Å². The van der Waals surface area contributed by atoms with E-state index in [9.17, 15) is 8.42 Å². The molecular formula is C21H26N2O3S. The van der Waals surface area contributed by atoms with E-state index in [0.29, 0.717) is 35.9 Å². The van der Waals surface area contributed by atoms with Gasteiger partial charge in [0.05, 0.1) is 18.1 Å². The van der Waals surface area contributed by atoms with Crippen molar-refractivity contribution in [2.24, 2.45) is 0 Å². The number of hydrogen-bond acceptors (Lipinski definition) is 4. The number of fused-ring (bicyclic) bond motifs is 1. The molecule has 4 rings (SSSR count). The molecule has 2 aromatic rings. The van der Waals surface area contributed by atoms with Crippen LogP contribution in [0.5, 0.6) is 0 Å². The van der Waals surface area contributed by atoms with Crippen LogP contribution in [0.25, 0.3) is 0 Å². The zero-order valence-corrected chi connectivity index (χ0v) is 16.6. The third-order valence-corrected chi connectivity index (χ3v) is 6.84. The predicted molar refractivity (Wildman–Crippen MR) is 108 cm³/mol. The Bertz CT molecular complexity index is 915. The number of ether oxygens (including phenoxy) is 1. The molecule has 2 unspecified atom stereocenters. The van der Waals surface area contributed by atoms with Crippen LogP contribution in [0.15, 0.2) is 47.4 Å². The minimum atomic E-state index is -3.58. The van der Waals surface area contributed by atoms with E-state index >= 15 is 0 Å². The molecule has 0 amide bonds. The van der Waals surface area contributed by atoms with E-state index in [-0.39, 0.29) is 0 Å². The molecule has 1 N–H and O–H groups in total. The van der Waals surface area contributed by atoms with E-state index < -0.39 is 10.0 Å². The van der Waals surface area contributed by atoms with Crippen molar-refractivity contribution in [2.45, 2.75) is 50.1 Å². The molecule has 1 heterocycles. The summed E-state index contributed by atoms with van der Waals surface area (Å²) in [5.74, 6) is 0. The summed E-state index contributed by atoms with van der Waals surface area (Å²) >= 11 is 0. The molecule has 0 aromatic heterocycles. The first-order valence-corrected chi connectivity index (χ1v) is 11.0. The van der Waals surface area contributed by atoms with Gasteiger partial charge in [-0.1, -0.05) is 6.07 Å². The standard InChI is InChI=1S/C21H26N2O3S/c1-15-13-26-14-16(2)23(15)20-9-7-19(8-10-20)22-27(24,25)21-11-6-17-4-3-5-18(17)12-21/h6-12,15-16,22H,3-5,13-14H2,1-2H3. The second kappa shape index (κ2) is 7.17. The molecule has 1 aliphatic heterocycles. The van der Waals surface area contributed by atoms with Gasteiger partial charge >= 0.3 is 0 Å². The normalized spacial score (nSPS) is 22.5. The highest BCUT2D eigenvalue weighted by molar-refractivity contribution is 7.92. The van der Waals surface area contributed by atoms with Gasteiger partial charge in [-0.05, 0) is 80.6 Å². The van der Waals surface area contributed by atoms with Gasteiger partial charge in [0.1, 0.15) is 0 Å². The van der Waals surface area contributed by atoms with Crippen LogP contribution in [0.4, 0.5) is 11.4 Å². The van der Waals surface area contributed by atoms with Crippen molar-refractivity contribution < 1.29 is 13.2 Å². The molecule has 6 heteroatoms. The minimum absolute atomic E-state index is 0.294. The van der Waals surface area contributed by atoms with E-state index in [1.54, 1.807) is 6.07 Å². The maximum atomic E-state index is 12.8. The van der Waals surface area contributed by atoms with Gasteiger partial charge in [0, 0.05) is 23.5 Å². The van der Waals surface area contributed by atoms with E-state index in [1.807, 2.05) is 36.4 Å². The van der Waals surface area contributed by atoms with Crippen LogP contribution in [0.2, 0.25) is 0 Å². The molecular weight excluding hydrogens is 360 g/mol. The molecule has 144 valence electrons. The van der Waals surface area contributed by atoms with Crippen LogP contribution >= 0.6 is 0 Å². The van der Waals surface area contributed by atoms with Gasteiger partial charge in [0.25, 0.3) is 10.0 Å². The fourth-order valence-corrected chi connectivity index (χ4v) is 5.25. The summed E-state index contributed by atoms with van der Waals surface area (Å²) in [7, 11) is -3.58. The summed E-state index contributed by atoms with van der Waals surface area (Å²) in [5, 5.41) is 0. The molecule has 0 radical (unpaired) electrons. The molecule has 0 saturated carbocycles. The van der Waals surface area contributed by atoms with Gasteiger partial charge in [0.2, 0.25) is 0 Å². The number of nitrogens with one attached hydrogen (secondary N) is 1. The van der Waals surface area contributed by atoms with Gasteiger partial charge in [-0.15, -0.1) is 0 Å². The van der Waals surface area contributed by atoms with Crippen molar-refractivity contribution in [1.82, 2.24) is 0 Å². The van der Waals surface area contributed by atoms with Crippen LogP contribution in [0.3, 0.4) is 0 Å². The Morgan fingerprint density at radius 3 is 2.33 bits per heavy atom. The fourth-order valence-electron chi connectivity index (χ4n) is 4.14. The zero-order valence-electron chi connectivity index (χ0n) is 15.8. The lowest BCUT2D eigenvalue weighted by molar-refractivity contribution is 0.0757. The van der Waals surface area contributed by atoms with Crippen molar-refractivity contribution in [3.8, 4) is 0 Å². The first kappa shape index (κ1) is 18.3. The smallest absolute Gasteiger partial charge is 0.261 e. The summed E-state index contributed by atoms with van der Waals surface area (Å²) in [5.41, 5.74) is 4.09. The molecule has 2 aliphatic rings. The number of anilines is 2. The van der Waals surface area contributed by atoms with Crippen LogP contribution in [-0.4, -0.2) is 33.7 Å². The van der Waals surface area contributed by atoms with E-state index in [4.69, 9.17) is 4.74 Å². The second-order valence-corrected chi connectivity index (χ2v) is 9.26. The third kappa shape index (κ3) is 3.69. The highest BCUT2D eigenvalue weighted by Crippen LogP contribution is 2.28. The highest BCUT2D eigenvalue weighted by atomic mass is 32.2. The first-order valence-electron chi connectivity index (χ1n) is 9.55. The number of rotatable bonds is 4. The number of benzene rings is 2. The Morgan fingerprint density at radius 1 is 0.963 bits per heavy atom. The third-order valence-electron chi connectivity index (χ3n) is 5.47. The Hall–Kier alpha value is -2.05. The number of sulfonamides is 1. The van der Waals surface area contributed by atoms with Crippen molar-refractivity contribution in [1.29, 1.82) is 0 Å². The lowest BCUT2D eigenvalue weighted by Crippen LogP contribution is -2.49. The SMILES string of the molecule is CC1COCC(C)N1c1ccc(NS(=O)(=O)c2ccc3c(c2)CCC3)cc1. The summed E-state index contributed by atoms with van der Waals surface area (Å²) in [6.45, 7) is 5.69. The van der Waals surface area contributed by atoms with Crippen molar-refractivity contribution in [2.75, 3.05) is 22.8 Å². The quantitative estimate of drug-likeness (QED) is 0.872. The largest absolute Gasteiger partial charge is 0.377 e. The summed E-state index contributed by atoms with van der Waals surface area (Å²) in [4.78, 5) is 2.66. The van der Waals surface area contributed by atoms with Crippen LogP contribution in [0, 0.1) is 0 Å². The molecule has 1 fully saturated rings. The molecule has 2 atom stereocenters. The van der Waals surface area contributed by atoms with Crippen molar-refractivity contribution >= 4 is 21.4 Å². The fraction of sp³-hybridized carbons (Fsp3) is 0.429. The van der Waals surface area contributed by atoms with Crippen LogP contribution < -0.4 is 9.62 Å². The second-order valence-electron chi connectivity index (χ2n) is 7.58. The Labute approximate surface area is 161 Å². The van der Waals surface area contributed by atoms with Gasteiger partial charge < -0.3 is 9.64 Å². The number of aryl methyl sites for hydroxylation is 2. The predicted octanol–water partition coefficient (Wildman–Crippen LogP) is 3.59. The Morgan fingerprint density at radius 2 is 1.63 bits per heavy atom. The highest BCUT2D eigenvalue weighted by Gasteiger charge is 2.25. The molecule has 1 saturated heterocycles. The lowest BCUT2D eigenvalue weighted by Gasteiger charge is -2.40. The maximum absolute atomic E-state index is 12.8. The summed E-state index contributed by atoms with van der Waals surface area (Å²) in [6, 6.07) is 13.7. The Kier molecular flexibility index (Phi) is 4.86. The molecule has 27 heavy (non-hydrogen) atoms. The molecule has 5 nitrogen and oxygen atoms in total. The van der Waals surface area contributed by atoms with Crippen molar-refractivity contribution in [3.05, 3.63) is 53.6 Å². The van der Waals surface area contributed by atoms with Gasteiger partial charge in [0.15, 0.2) is 0 Å². The Balaban J connectivity index is 1.52. The molecule has 1 aliphatic carbocycles. The topological polar surface area (TPSA) is 58.6 Å². The van der Waals surface area contributed by atoms with E-state index in [0.717, 1.165) is 30.5 Å². The minimum Gasteiger partial charge on any atom is -0.377 e.